The van der Waals surface area contributed by atoms with Crippen molar-refractivity contribution in [3.8, 4) is 0 Å². The van der Waals surface area contributed by atoms with Crippen molar-refractivity contribution < 1.29 is 19.4 Å². The molecule has 6 nitrogen and oxygen atoms in total. The molecule has 0 spiro atoms. The van der Waals surface area contributed by atoms with Crippen LogP contribution in [0.25, 0.3) is 5.76 Å². The summed E-state index contributed by atoms with van der Waals surface area (Å²) in [5.41, 5.74) is 3.76. The first-order valence-corrected chi connectivity index (χ1v) is 11.6. The smallest absolute Gasteiger partial charge is 0.295 e. The van der Waals surface area contributed by atoms with Gasteiger partial charge in [0.2, 0.25) is 0 Å². The van der Waals surface area contributed by atoms with Gasteiger partial charge in [-0.1, -0.05) is 67.9 Å². The first-order chi connectivity index (χ1) is 15.9. The predicted molar refractivity (Wildman–Crippen MR) is 128 cm³/mol. The summed E-state index contributed by atoms with van der Waals surface area (Å²) in [6.45, 7) is 10.2. The van der Waals surface area contributed by atoms with Crippen LogP contribution in [0.5, 0.6) is 0 Å². The van der Waals surface area contributed by atoms with Gasteiger partial charge in [0.1, 0.15) is 5.76 Å². The maximum atomic E-state index is 13.2. The van der Waals surface area contributed by atoms with E-state index in [0.29, 0.717) is 37.8 Å². The average Bonchev–Trinajstić information content (AvgIpc) is 3.08. The molecule has 1 amide bonds. The number of carbonyl (C=O) groups is 2. The third-order valence-corrected chi connectivity index (χ3v) is 6.54. The standard InChI is InChI=1S/C27H32N2O4/c1-18(2)20-8-10-21(11-9-20)24-23(25(30)22-6-4-19(3)5-7-22)26(31)27(32)29(24)13-12-28-14-16-33-17-15-28/h4-11,18,24,30H,12-17H2,1-3H3/b25-23-. The highest BCUT2D eigenvalue weighted by molar-refractivity contribution is 6.46. The van der Waals surface area contributed by atoms with Crippen LogP contribution < -0.4 is 0 Å². The molecule has 2 aromatic carbocycles. The summed E-state index contributed by atoms with van der Waals surface area (Å²) in [5, 5.41) is 11.2. The second-order valence-electron chi connectivity index (χ2n) is 9.13. The van der Waals surface area contributed by atoms with Crippen molar-refractivity contribution in [3.63, 3.8) is 0 Å². The van der Waals surface area contributed by atoms with E-state index in [-0.39, 0.29) is 11.3 Å². The number of hydrogen-bond acceptors (Lipinski definition) is 5. The molecule has 0 bridgehead atoms. The molecule has 1 unspecified atom stereocenters. The van der Waals surface area contributed by atoms with E-state index in [1.54, 1.807) is 17.0 Å². The largest absolute Gasteiger partial charge is 0.507 e. The number of amides is 1. The number of carbonyl (C=O) groups excluding carboxylic acids is 2. The van der Waals surface area contributed by atoms with Crippen LogP contribution in [0.15, 0.2) is 54.1 Å². The molecule has 0 saturated carbocycles. The van der Waals surface area contributed by atoms with Crippen LogP contribution in [0.3, 0.4) is 0 Å². The number of ketones is 1. The molecule has 174 valence electrons. The summed E-state index contributed by atoms with van der Waals surface area (Å²) in [6, 6.07) is 14.7. The van der Waals surface area contributed by atoms with Crippen LogP contribution in [0, 0.1) is 6.92 Å². The molecule has 1 atom stereocenters. The molecule has 2 heterocycles. The van der Waals surface area contributed by atoms with E-state index in [1.807, 2.05) is 43.3 Å². The summed E-state index contributed by atoms with van der Waals surface area (Å²) in [5.74, 6) is -0.942. The van der Waals surface area contributed by atoms with Crippen LogP contribution in [-0.2, 0) is 14.3 Å². The Labute approximate surface area is 195 Å². The number of morpholine rings is 1. The molecule has 0 radical (unpaired) electrons. The average molecular weight is 449 g/mol. The van der Waals surface area contributed by atoms with E-state index in [4.69, 9.17) is 4.74 Å². The highest BCUT2D eigenvalue weighted by Crippen LogP contribution is 2.39. The highest BCUT2D eigenvalue weighted by Gasteiger charge is 2.46. The van der Waals surface area contributed by atoms with Gasteiger partial charge in [0.15, 0.2) is 0 Å². The number of nitrogens with zero attached hydrogens (tertiary/aromatic N) is 2. The summed E-state index contributed by atoms with van der Waals surface area (Å²) >= 11 is 0. The Balaban J connectivity index is 1.73. The van der Waals surface area contributed by atoms with Gasteiger partial charge >= 0.3 is 0 Å². The molecule has 33 heavy (non-hydrogen) atoms. The SMILES string of the molecule is Cc1ccc(/C(O)=C2/C(=O)C(=O)N(CCN3CCOCC3)C2c2ccc(C(C)C)cc2)cc1. The van der Waals surface area contributed by atoms with Gasteiger partial charge in [0.25, 0.3) is 11.7 Å². The van der Waals surface area contributed by atoms with Crippen LogP contribution in [-0.4, -0.2) is 66.0 Å². The lowest BCUT2D eigenvalue weighted by molar-refractivity contribution is -0.140. The zero-order valence-electron chi connectivity index (χ0n) is 19.6. The zero-order valence-corrected chi connectivity index (χ0v) is 19.6. The molecule has 0 aromatic heterocycles. The number of ether oxygens (including phenoxy) is 1. The summed E-state index contributed by atoms with van der Waals surface area (Å²) < 4.78 is 5.42. The van der Waals surface area contributed by atoms with Crippen molar-refractivity contribution in [2.45, 2.75) is 32.7 Å². The number of aliphatic hydroxyl groups excluding tert-OH is 1. The topological polar surface area (TPSA) is 70.1 Å². The fraction of sp³-hybridized carbons (Fsp3) is 0.407. The number of rotatable bonds is 6. The van der Waals surface area contributed by atoms with Crippen molar-refractivity contribution in [2.75, 3.05) is 39.4 Å². The molecular weight excluding hydrogens is 416 g/mol. The van der Waals surface area contributed by atoms with Gasteiger partial charge in [-0.25, -0.2) is 0 Å². The van der Waals surface area contributed by atoms with Crippen LogP contribution in [0.4, 0.5) is 0 Å². The normalized spacial score (nSPS) is 21.2. The van der Waals surface area contributed by atoms with E-state index in [2.05, 4.69) is 18.7 Å². The van der Waals surface area contributed by atoms with E-state index < -0.39 is 17.7 Å². The van der Waals surface area contributed by atoms with Gasteiger partial charge in [-0.2, -0.15) is 0 Å². The first-order valence-electron chi connectivity index (χ1n) is 11.6. The fourth-order valence-corrected chi connectivity index (χ4v) is 4.46. The van der Waals surface area contributed by atoms with E-state index in [9.17, 15) is 14.7 Å². The van der Waals surface area contributed by atoms with Crippen LogP contribution >= 0.6 is 0 Å². The van der Waals surface area contributed by atoms with Crippen molar-refractivity contribution in [2.24, 2.45) is 0 Å². The molecule has 1 N–H and O–H groups in total. The quantitative estimate of drug-likeness (QED) is 0.413. The number of likely N-dealkylation sites (tertiary alicyclic amines) is 1. The van der Waals surface area contributed by atoms with Gasteiger partial charge in [0.05, 0.1) is 24.8 Å². The Morgan fingerprint density at radius 3 is 2.24 bits per heavy atom. The number of Topliss-reactive ketones (excluding diaryl/α,β-unsaturated/α-hetero) is 1. The van der Waals surface area contributed by atoms with Crippen molar-refractivity contribution >= 4 is 17.4 Å². The lowest BCUT2D eigenvalue weighted by Crippen LogP contribution is -2.42. The molecule has 6 heteroatoms. The molecule has 2 fully saturated rings. The Morgan fingerprint density at radius 1 is 1.00 bits per heavy atom. The summed E-state index contributed by atoms with van der Waals surface area (Å²) in [4.78, 5) is 30.1. The predicted octanol–water partition coefficient (Wildman–Crippen LogP) is 3.87. The zero-order chi connectivity index (χ0) is 23.5. The van der Waals surface area contributed by atoms with Crippen LogP contribution in [0.2, 0.25) is 0 Å². The monoisotopic (exact) mass is 448 g/mol. The van der Waals surface area contributed by atoms with Crippen molar-refractivity contribution in [1.29, 1.82) is 0 Å². The fourth-order valence-electron chi connectivity index (χ4n) is 4.46. The number of benzene rings is 2. The Morgan fingerprint density at radius 2 is 1.64 bits per heavy atom. The van der Waals surface area contributed by atoms with Gasteiger partial charge in [-0.05, 0) is 24.0 Å². The molecular formula is C27H32N2O4. The second kappa shape index (κ2) is 9.89. The van der Waals surface area contributed by atoms with E-state index >= 15 is 0 Å². The van der Waals surface area contributed by atoms with Gasteiger partial charge < -0.3 is 14.7 Å². The highest BCUT2D eigenvalue weighted by atomic mass is 16.5. The minimum absolute atomic E-state index is 0.125. The van der Waals surface area contributed by atoms with Gasteiger partial charge in [0, 0.05) is 31.7 Å². The van der Waals surface area contributed by atoms with E-state index in [0.717, 1.165) is 24.2 Å². The Kier molecular flexibility index (Phi) is 6.96. The lowest BCUT2D eigenvalue weighted by atomic mass is 9.93. The third-order valence-electron chi connectivity index (χ3n) is 6.54. The molecule has 2 aliphatic heterocycles. The van der Waals surface area contributed by atoms with Gasteiger partial charge in [-0.15, -0.1) is 0 Å². The van der Waals surface area contributed by atoms with Gasteiger partial charge in [-0.3, -0.25) is 14.5 Å². The number of hydrogen-bond donors (Lipinski definition) is 1. The van der Waals surface area contributed by atoms with Crippen molar-refractivity contribution in [3.05, 3.63) is 76.4 Å². The number of aryl methyl sites for hydroxylation is 1. The molecule has 2 aliphatic rings. The minimum Gasteiger partial charge on any atom is -0.507 e. The number of aliphatic hydroxyl groups is 1. The maximum absolute atomic E-state index is 13.2. The summed E-state index contributed by atoms with van der Waals surface area (Å²) in [7, 11) is 0. The lowest BCUT2D eigenvalue weighted by Gasteiger charge is -2.31. The second-order valence-corrected chi connectivity index (χ2v) is 9.13. The van der Waals surface area contributed by atoms with E-state index in [1.165, 1.54) is 5.56 Å². The maximum Gasteiger partial charge on any atom is 0.295 e. The van der Waals surface area contributed by atoms with Crippen molar-refractivity contribution in [1.82, 2.24) is 9.80 Å². The third kappa shape index (κ3) is 4.87. The first kappa shape index (κ1) is 23.2. The molecule has 4 rings (SSSR count). The molecule has 2 saturated heterocycles. The molecule has 0 aliphatic carbocycles. The summed E-state index contributed by atoms with van der Waals surface area (Å²) in [6.07, 6.45) is 0. The molecule has 2 aromatic rings. The Hall–Kier alpha value is -2.96. The Bertz CT molecular complexity index is 1030. The van der Waals surface area contributed by atoms with Crippen LogP contribution in [0.1, 0.15) is 48.1 Å². The minimum atomic E-state index is -0.631.